The third kappa shape index (κ3) is 7.42. The molecule has 1 radical (unpaired) electrons. The molecule has 0 atom stereocenters. The largest absolute Gasteiger partial charge is 0.486 e. The van der Waals surface area contributed by atoms with E-state index < -0.39 is 34.3 Å². The van der Waals surface area contributed by atoms with Crippen molar-refractivity contribution in [2.45, 2.75) is 60.4 Å². The Morgan fingerprint density at radius 3 is 2.22 bits per heavy atom. The molecule has 0 N–H and O–H groups in total. The zero-order valence-electron chi connectivity index (χ0n) is 42.9. The Bertz CT molecular complexity index is 3000. The van der Waals surface area contributed by atoms with E-state index in [0.29, 0.717) is 38.9 Å². The number of pyridine rings is 3. The summed E-state index contributed by atoms with van der Waals surface area (Å²) in [4.78, 5) is 12.8. The summed E-state index contributed by atoms with van der Waals surface area (Å²) in [5.74, 6) is 0. The average Bonchev–Trinajstić information content (AvgIpc) is 3.60. The quantitative estimate of drug-likeness (QED) is 0.166. The molecular weight excluding hydrogens is 803 g/mol. The number of furan rings is 1. The fraction of sp³-hybridized carbons (Fsp3) is 0.196. The summed E-state index contributed by atoms with van der Waals surface area (Å²) in [6.45, 7) is -5.66. The van der Waals surface area contributed by atoms with Crippen LogP contribution in [-0.2, 0) is 25.5 Å². The maximum atomic E-state index is 8.40. The molecule has 4 aromatic carbocycles. The summed E-state index contributed by atoms with van der Waals surface area (Å²) in [6, 6.07) is 30.9. The Balaban J connectivity index is 0.000000288. The number of hydrogen-bond acceptors (Lipinski definition) is 4. The van der Waals surface area contributed by atoms with E-state index in [1.54, 1.807) is 48.5 Å². The van der Waals surface area contributed by atoms with Crippen LogP contribution in [0.5, 0.6) is 0 Å². The minimum absolute atomic E-state index is 0. The van der Waals surface area contributed by atoms with Crippen LogP contribution in [0.1, 0.15) is 74.8 Å². The fourth-order valence-electron chi connectivity index (χ4n) is 5.75. The standard InChI is InChI=1S/C33H29N2O.C13H12N.Ir/c1-19-14-23-15-24(33(4,5)6)12-11-22(23)16-28(19)29-17-30(34-18-20(29)2)27-9-7-8-25-26-13-10-21(3)35-32(26)36-31(25)27;1-10-3-6-12(7-4-10)13-8-5-11(2)9-14-13;/h7-8,10-18H,1-6H3;3-6,8-9H,1-2H3;/q2*-1;/i1D3,2D3,3D3;1D3,2D3;. The van der Waals surface area contributed by atoms with Crippen molar-refractivity contribution >= 4 is 32.8 Å². The summed E-state index contributed by atoms with van der Waals surface area (Å²) >= 11 is 0. The van der Waals surface area contributed by atoms with Crippen molar-refractivity contribution in [1.29, 1.82) is 0 Å². The Labute approximate surface area is 335 Å². The van der Waals surface area contributed by atoms with Gasteiger partial charge in [-0.05, 0) is 107 Å². The van der Waals surface area contributed by atoms with Gasteiger partial charge in [-0.25, -0.2) is 4.98 Å². The van der Waals surface area contributed by atoms with Crippen LogP contribution in [0.4, 0.5) is 0 Å². The van der Waals surface area contributed by atoms with Crippen LogP contribution in [0.25, 0.3) is 66.5 Å². The first-order chi connectivity index (χ1) is 30.0. The second-order valence-corrected chi connectivity index (χ2v) is 13.0. The van der Waals surface area contributed by atoms with Crippen LogP contribution >= 0.6 is 0 Å². The molecule has 0 saturated heterocycles. The number of fused-ring (bicyclic) bond motifs is 4. The van der Waals surface area contributed by atoms with Crippen molar-refractivity contribution in [1.82, 2.24) is 15.0 Å². The molecule has 0 fully saturated rings. The van der Waals surface area contributed by atoms with Gasteiger partial charge >= 0.3 is 0 Å². The predicted molar refractivity (Wildman–Crippen MR) is 207 cm³/mol. The van der Waals surface area contributed by atoms with E-state index in [9.17, 15) is 0 Å². The maximum Gasteiger partial charge on any atom is 0.216 e. The molecule has 51 heavy (non-hydrogen) atoms. The van der Waals surface area contributed by atoms with Gasteiger partial charge in [-0.1, -0.05) is 81.0 Å². The molecule has 0 bridgehead atoms. The first-order valence-corrected chi connectivity index (χ1v) is 15.8. The molecule has 0 unspecified atom stereocenters. The molecule has 4 nitrogen and oxygen atoms in total. The number of hydrogen-bond donors (Lipinski definition) is 0. The molecule has 0 saturated carbocycles. The van der Waals surface area contributed by atoms with Gasteiger partial charge in [0.1, 0.15) is 0 Å². The molecule has 257 valence electrons. The van der Waals surface area contributed by atoms with Crippen molar-refractivity contribution in [2.24, 2.45) is 0 Å². The third-order valence-corrected chi connectivity index (χ3v) is 8.44. The van der Waals surface area contributed by atoms with Crippen LogP contribution < -0.4 is 0 Å². The van der Waals surface area contributed by atoms with E-state index in [1.807, 2.05) is 18.2 Å². The van der Waals surface area contributed by atoms with Crippen molar-refractivity contribution in [3.8, 4) is 33.6 Å². The van der Waals surface area contributed by atoms with Crippen LogP contribution in [0.2, 0.25) is 0 Å². The molecule has 4 heterocycles. The molecule has 5 heteroatoms. The molecule has 4 aromatic heterocycles. The Kier molecular flexibility index (Phi) is 6.02. The minimum atomic E-state index is -2.59. The normalized spacial score (nSPS) is 17.0. The molecular formula is C46H41IrN3O-2. The summed E-state index contributed by atoms with van der Waals surface area (Å²) < 4.78 is 123. The molecule has 0 spiro atoms. The van der Waals surface area contributed by atoms with Crippen molar-refractivity contribution in [2.75, 3.05) is 0 Å². The van der Waals surface area contributed by atoms with E-state index in [2.05, 4.69) is 47.9 Å². The number of aryl methyl sites for hydroxylation is 5. The van der Waals surface area contributed by atoms with E-state index in [4.69, 9.17) is 25.0 Å². The van der Waals surface area contributed by atoms with Crippen LogP contribution in [0.15, 0.2) is 108 Å². The van der Waals surface area contributed by atoms with E-state index in [-0.39, 0.29) is 70.3 Å². The predicted octanol–water partition coefficient (Wildman–Crippen LogP) is 12.0. The molecule has 8 rings (SSSR count). The van der Waals surface area contributed by atoms with Crippen molar-refractivity contribution < 1.29 is 45.1 Å². The number of rotatable bonds is 3. The summed E-state index contributed by atoms with van der Waals surface area (Å²) in [5.41, 5.74) is 3.90. The van der Waals surface area contributed by atoms with Gasteiger partial charge in [-0.3, -0.25) is 0 Å². The minimum Gasteiger partial charge on any atom is -0.486 e. The SMILES string of the molecule is [2H]C([2H])([2H])c1c[c-]c(-c2ccc(C([2H])([2H])[2H])cn2)cc1.[2H]C([2H])([2H])c1ccc2c(n1)oc1c(-c3cc(-c4cc5ccc(C(C)(C)C)cc5cc4C([2H])([2H])[2H])c(C([2H])([2H])[2H])cn3)[c-]ccc12.[Ir]. The second kappa shape index (κ2) is 14.3. The van der Waals surface area contributed by atoms with E-state index in [1.165, 1.54) is 36.7 Å². The topological polar surface area (TPSA) is 51.8 Å². The Hall–Kier alpha value is -4.96. The molecule has 0 amide bonds. The first kappa shape index (κ1) is 21.4. The number of benzene rings is 4. The molecule has 0 aliphatic rings. The average molecular weight is 859 g/mol. The van der Waals surface area contributed by atoms with Gasteiger partial charge < -0.3 is 14.4 Å². The van der Waals surface area contributed by atoms with Gasteiger partial charge in [0, 0.05) is 64.1 Å². The molecule has 0 aliphatic heterocycles. The number of aromatic nitrogens is 3. The third-order valence-electron chi connectivity index (χ3n) is 8.44. The summed E-state index contributed by atoms with van der Waals surface area (Å²) in [5, 5.41) is 2.76. The summed E-state index contributed by atoms with van der Waals surface area (Å²) in [6.07, 6.45) is 2.54. The van der Waals surface area contributed by atoms with Gasteiger partial charge in [0.05, 0.1) is 5.58 Å². The summed E-state index contributed by atoms with van der Waals surface area (Å²) in [7, 11) is 0. The number of nitrogens with zero attached hydrogens (tertiary/aromatic N) is 3. The first-order valence-electron chi connectivity index (χ1n) is 23.3. The van der Waals surface area contributed by atoms with Crippen molar-refractivity contribution in [3.63, 3.8) is 0 Å². The van der Waals surface area contributed by atoms with Gasteiger partial charge in [0.25, 0.3) is 0 Å². The molecule has 8 aromatic rings. The maximum absolute atomic E-state index is 8.40. The second-order valence-electron chi connectivity index (χ2n) is 13.0. The Morgan fingerprint density at radius 1 is 0.667 bits per heavy atom. The van der Waals surface area contributed by atoms with Crippen LogP contribution in [0, 0.1) is 46.4 Å². The zero-order valence-corrected chi connectivity index (χ0v) is 30.3. The van der Waals surface area contributed by atoms with E-state index >= 15 is 0 Å². The zero-order chi connectivity index (χ0) is 47.7. The van der Waals surface area contributed by atoms with Crippen molar-refractivity contribution in [3.05, 3.63) is 149 Å². The smallest absolute Gasteiger partial charge is 0.216 e. The fourth-order valence-corrected chi connectivity index (χ4v) is 5.75. The molecule has 0 aliphatic carbocycles. The monoisotopic (exact) mass is 859 g/mol. The van der Waals surface area contributed by atoms with Gasteiger partial charge in [0.15, 0.2) is 0 Å². The van der Waals surface area contributed by atoms with Crippen LogP contribution in [0.3, 0.4) is 0 Å². The van der Waals surface area contributed by atoms with Gasteiger partial charge in [-0.15, -0.1) is 53.6 Å². The Morgan fingerprint density at radius 2 is 1.49 bits per heavy atom. The van der Waals surface area contributed by atoms with E-state index in [0.717, 1.165) is 16.3 Å². The van der Waals surface area contributed by atoms with Gasteiger partial charge in [0.2, 0.25) is 5.71 Å². The van der Waals surface area contributed by atoms with Crippen LogP contribution in [-0.4, -0.2) is 15.0 Å². The van der Waals surface area contributed by atoms with Gasteiger partial charge in [-0.2, -0.15) is 0 Å².